The minimum Gasteiger partial charge on any atom is -0.482 e. The summed E-state index contributed by atoms with van der Waals surface area (Å²) in [5.74, 6) is -0.730. The number of thioether (sulfide) groups is 1. The zero-order valence-electron chi connectivity index (χ0n) is 6.36. The number of hydrogen-bond donors (Lipinski definition) is 1. The van der Waals surface area contributed by atoms with Gasteiger partial charge in [-0.15, -0.1) is 0 Å². The number of aliphatic carboxylic acids is 1. The van der Waals surface area contributed by atoms with Crippen LogP contribution in [0.3, 0.4) is 0 Å². The first-order chi connectivity index (χ1) is 5.07. The SMILES string of the molecule is COC(=S)SC[C@H](C)C(=O)O. The van der Waals surface area contributed by atoms with E-state index in [4.69, 9.17) is 17.3 Å². The number of methoxy groups -OCH3 is 1. The van der Waals surface area contributed by atoms with Crippen LogP contribution < -0.4 is 0 Å². The van der Waals surface area contributed by atoms with Gasteiger partial charge in [-0.3, -0.25) is 4.79 Å². The van der Waals surface area contributed by atoms with Crippen molar-refractivity contribution < 1.29 is 14.6 Å². The molecular formula is C6H10O3S2. The van der Waals surface area contributed by atoms with Gasteiger partial charge in [-0.05, 0) is 12.2 Å². The lowest BCUT2D eigenvalue weighted by Crippen LogP contribution is -2.12. The van der Waals surface area contributed by atoms with Gasteiger partial charge in [0.05, 0.1) is 13.0 Å². The average molecular weight is 194 g/mol. The summed E-state index contributed by atoms with van der Waals surface area (Å²) in [5.41, 5.74) is 0. The third-order valence-corrected chi connectivity index (χ3v) is 2.63. The third-order valence-electron chi connectivity index (χ3n) is 1.04. The van der Waals surface area contributed by atoms with Gasteiger partial charge in [-0.1, -0.05) is 18.7 Å². The maximum absolute atomic E-state index is 10.3. The van der Waals surface area contributed by atoms with E-state index in [1.165, 1.54) is 18.9 Å². The molecule has 0 amide bonds. The van der Waals surface area contributed by atoms with Gasteiger partial charge in [0.2, 0.25) is 4.38 Å². The van der Waals surface area contributed by atoms with Crippen LogP contribution in [0.5, 0.6) is 0 Å². The monoisotopic (exact) mass is 194 g/mol. The number of ether oxygens (including phenoxy) is 1. The molecule has 0 aliphatic heterocycles. The van der Waals surface area contributed by atoms with Crippen molar-refractivity contribution in [3.05, 3.63) is 0 Å². The highest BCUT2D eigenvalue weighted by molar-refractivity contribution is 8.22. The molecule has 0 aromatic carbocycles. The molecule has 0 aliphatic carbocycles. The minimum atomic E-state index is -0.809. The lowest BCUT2D eigenvalue weighted by molar-refractivity contribution is -0.140. The summed E-state index contributed by atoms with van der Waals surface area (Å²) in [4.78, 5) is 10.3. The zero-order chi connectivity index (χ0) is 8.85. The van der Waals surface area contributed by atoms with Crippen molar-refractivity contribution in [2.45, 2.75) is 6.92 Å². The van der Waals surface area contributed by atoms with Crippen LogP contribution >= 0.6 is 24.0 Å². The van der Waals surface area contributed by atoms with Crippen LogP contribution in [-0.2, 0) is 9.53 Å². The van der Waals surface area contributed by atoms with E-state index in [2.05, 4.69) is 4.74 Å². The highest BCUT2D eigenvalue weighted by atomic mass is 32.2. The Labute approximate surface area is 75.1 Å². The van der Waals surface area contributed by atoms with E-state index >= 15 is 0 Å². The third kappa shape index (κ3) is 5.03. The minimum absolute atomic E-state index is 0.381. The Morgan fingerprint density at radius 2 is 2.36 bits per heavy atom. The van der Waals surface area contributed by atoms with Gasteiger partial charge in [-0.2, -0.15) is 0 Å². The molecule has 0 saturated carbocycles. The molecule has 0 aliphatic rings. The standard InChI is InChI=1S/C6H10O3S2/c1-4(5(7)8)3-11-6(10)9-2/h4H,3H2,1-2H3,(H,7,8)/t4-/m0/s1. The van der Waals surface area contributed by atoms with E-state index in [-0.39, 0.29) is 5.92 Å². The fraction of sp³-hybridized carbons (Fsp3) is 0.667. The molecule has 5 heteroatoms. The van der Waals surface area contributed by atoms with E-state index in [0.717, 1.165) is 0 Å². The fourth-order valence-electron chi connectivity index (χ4n) is 0.323. The second kappa shape index (κ2) is 5.37. The van der Waals surface area contributed by atoms with Crippen molar-refractivity contribution in [3.8, 4) is 0 Å². The summed E-state index contributed by atoms with van der Waals surface area (Å²) in [7, 11) is 1.47. The smallest absolute Gasteiger partial charge is 0.307 e. The largest absolute Gasteiger partial charge is 0.482 e. The first-order valence-electron chi connectivity index (χ1n) is 3.01. The van der Waals surface area contributed by atoms with Gasteiger partial charge in [0.25, 0.3) is 0 Å². The molecule has 64 valence electrons. The van der Waals surface area contributed by atoms with Crippen LogP contribution in [0.15, 0.2) is 0 Å². The second-order valence-electron chi connectivity index (χ2n) is 2.00. The Hall–Kier alpha value is -0.290. The number of rotatable bonds is 3. The number of carboxylic acid groups (broad SMARTS) is 1. The van der Waals surface area contributed by atoms with Gasteiger partial charge in [0, 0.05) is 5.75 Å². The van der Waals surface area contributed by atoms with E-state index in [1.807, 2.05) is 0 Å². The molecular weight excluding hydrogens is 184 g/mol. The van der Waals surface area contributed by atoms with E-state index in [1.54, 1.807) is 6.92 Å². The normalized spacial score (nSPS) is 12.2. The number of carboxylic acids is 1. The van der Waals surface area contributed by atoms with Crippen LogP contribution in [0.25, 0.3) is 0 Å². The van der Waals surface area contributed by atoms with Crippen molar-refractivity contribution in [2.75, 3.05) is 12.9 Å². The Morgan fingerprint density at radius 1 is 1.82 bits per heavy atom. The molecule has 1 atom stereocenters. The van der Waals surface area contributed by atoms with E-state index in [0.29, 0.717) is 10.1 Å². The Balaban J connectivity index is 3.54. The number of thiocarbonyl (C=S) groups is 1. The van der Waals surface area contributed by atoms with Crippen LogP contribution in [0, 0.1) is 5.92 Å². The molecule has 0 spiro atoms. The predicted molar refractivity (Wildman–Crippen MR) is 48.9 cm³/mol. The zero-order valence-corrected chi connectivity index (χ0v) is 8.00. The highest BCUT2D eigenvalue weighted by Gasteiger charge is 2.11. The summed E-state index contributed by atoms with van der Waals surface area (Å²) in [6, 6.07) is 0. The lowest BCUT2D eigenvalue weighted by atomic mass is 10.2. The van der Waals surface area contributed by atoms with Gasteiger partial charge in [-0.25, -0.2) is 0 Å². The molecule has 1 N–H and O–H groups in total. The first kappa shape index (κ1) is 10.7. The molecule has 0 radical (unpaired) electrons. The summed E-state index contributed by atoms with van der Waals surface area (Å²) in [5, 5.41) is 8.47. The van der Waals surface area contributed by atoms with Crippen molar-refractivity contribution >= 4 is 34.3 Å². The molecule has 0 saturated heterocycles. The second-order valence-corrected chi connectivity index (χ2v) is 3.63. The molecule has 0 aromatic heterocycles. The quantitative estimate of drug-likeness (QED) is 0.688. The molecule has 0 rings (SSSR count). The maximum Gasteiger partial charge on any atom is 0.307 e. The Kier molecular flexibility index (Phi) is 5.23. The lowest BCUT2D eigenvalue weighted by Gasteiger charge is -2.04. The molecule has 0 aromatic rings. The predicted octanol–water partition coefficient (Wildman–Crippen LogP) is 1.37. The molecule has 3 nitrogen and oxygen atoms in total. The summed E-state index contributed by atoms with van der Waals surface area (Å²) in [6.07, 6.45) is 0. The van der Waals surface area contributed by atoms with Gasteiger partial charge in [0.15, 0.2) is 0 Å². The molecule has 0 bridgehead atoms. The van der Waals surface area contributed by atoms with Gasteiger partial charge >= 0.3 is 5.97 Å². The maximum atomic E-state index is 10.3. The Bertz CT molecular complexity index is 158. The summed E-state index contributed by atoms with van der Waals surface area (Å²) < 4.78 is 5.07. The summed E-state index contributed by atoms with van der Waals surface area (Å²) >= 11 is 5.95. The number of carbonyl (C=O) groups is 1. The van der Waals surface area contributed by atoms with Crippen LogP contribution in [0.4, 0.5) is 0 Å². The highest BCUT2D eigenvalue weighted by Crippen LogP contribution is 2.10. The Morgan fingerprint density at radius 3 is 2.73 bits per heavy atom. The molecule has 0 heterocycles. The van der Waals surface area contributed by atoms with Crippen LogP contribution in [0.1, 0.15) is 6.92 Å². The summed E-state index contributed by atoms with van der Waals surface area (Å²) in [6.45, 7) is 1.63. The van der Waals surface area contributed by atoms with E-state index in [9.17, 15) is 4.79 Å². The van der Waals surface area contributed by atoms with Crippen molar-refractivity contribution in [1.29, 1.82) is 0 Å². The fourth-order valence-corrected chi connectivity index (χ4v) is 1.17. The van der Waals surface area contributed by atoms with Gasteiger partial charge < -0.3 is 9.84 Å². The molecule has 0 unspecified atom stereocenters. The first-order valence-corrected chi connectivity index (χ1v) is 4.41. The van der Waals surface area contributed by atoms with Crippen LogP contribution in [-0.4, -0.2) is 28.3 Å². The van der Waals surface area contributed by atoms with Gasteiger partial charge in [0.1, 0.15) is 0 Å². The van der Waals surface area contributed by atoms with E-state index < -0.39 is 5.97 Å². The van der Waals surface area contributed by atoms with Crippen molar-refractivity contribution in [3.63, 3.8) is 0 Å². The van der Waals surface area contributed by atoms with Crippen molar-refractivity contribution in [2.24, 2.45) is 5.92 Å². The van der Waals surface area contributed by atoms with Crippen molar-refractivity contribution in [1.82, 2.24) is 0 Å². The topological polar surface area (TPSA) is 46.5 Å². The number of hydrogen-bond acceptors (Lipinski definition) is 4. The average Bonchev–Trinajstić information content (AvgIpc) is 1.99. The molecule has 11 heavy (non-hydrogen) atoms. The van der Waals surface area contributed by atoms with Crippen LogP contribution in [0.2, 0.25) is 0 Å². The molecule has 0 fully saturated rings.